The molecule has 1 aliphatic carbocycles. The van der Waals surface area contributed by atoms with Crippen LogP contribution in [0.3, 0.4) is 0 Å². The highest BCUT2D eigenvalue weighted by molar-refractivity contribution is 5.91. The summed E-state index contributed by atoms with van der Waals surface area (Å²) in [7, 11) is 0. The predicted molar refractivity (Wildman–Crippen MR) is 110 cm³/mol. The van der Waals surface area contributed by atoms with E-state index in [1.807, 2.05) is 36.4 Å². The Balaban J connectivity index is 1.15. The molecule has 5 nitrogen and oxygen atoms in total. The Morgan fingerprint density at radius 2 is 1.68 bits per heavy atom. The van der Waals surface area contributed by atoms with E-state index in [-0.39, 0.29) is 5.91 Å². The summed E-state index contributed by atoms with van der Waals surface area (Å²) in [5.74, 6) is 1.07. The fourth-order valence-electron chi connectivity index (χ4n) is 4.30. The number of aryl methyl sites for hydroxylation is 2. The van der Waals surface area contributed by atoms with Gasteiger partial charge in [-0.1, -0.05) is 24.3 Å². The number of para-hydroxylation sites is 1. The van der Waals surface area contributed by atoms with Gasteiger partial charge in [0.1, 0.15) is 45.1 Å². The Kier molecular flexibility index (Phi) is 6.24. The molecule has 1 fully saturated rings. The van der Waals surface area contributed by atoms with Crippen molar-refractivity contribution < 1.29 is 19.3 Å². The van der Waals surface area contributed by atoms with Crippen LogP contribution in [0, 0.1) is 0 Å². The van der Waals surface area contributed by atoms with Gasteiger partial charge in [0.25, 0.3) is 5.91 Å². The first kappa shape index (κ1) is 19.0. The average molecular weight is 382 g/mol. The molecule has 4 rings (SSSR count). The minimum absolute atomic E-state index is 0.129. The number of hydrogen-bond donors (Lipinski definition) is 3. The highest BCUT2D eigenvalue weighted by Gasteiger charge is 2.24. The molecule has 148 valence electrons. The van der Waals surface area contributed by atoms with Crippen LogP contribution in [-0.4, -0.2) is 51.8 Å². The van der Waals surface area contributed by atoms with Crippen molar-refractivity contribution in [3.8, 4) is 5.75 Å². The van der Waals surface area contributed by atoms with Crippen LogP contribution in [0.1, 0.15) is 17.5 Å². The fourth-order valence-corrected chi connectivity index (χ4v) is 4.30. The van der Waals surface area contributed by atoms with E-state index in [4.69, 9.17) is 4.74 Å². The number of hydrogen-bond acceptors (Lipinski definition) is 2. The first-order chi connectivity index (χ1) is 13.8. The monoisotopic (exact) mass is 381 g/mol. The van der Waals surface area contributed by atoms with E-state index < -0.39 is 0 Å². The van der Waals surface area contributed by atoms with Crippen LogP contribution in [0.5, 0.6) is 5.75 Å². The van der Waals surface area contributed by atoms with Crippen molar-refractivity contribution in [1.29, 1.82) is 0 Å². The molecule has 0 atom stereocenters. The zero-order chi connectivity index (χ0) is 19.2. The summed E-state index contributed by atoms with van der Waals surface area (Å²) in [6, 6.07) is 16.4. The highest BCUT2D eigenvalue weighted by atomic mass is 16.5. The number of carbonyl (C=O) groups is 1. The van der Waals surface area contributed by atoms with Gasteiger partial charge >= 0.3 is 0 Å². The molecule has 1 amide bonds. The van der Waals surface area contributed by atoms with Crippen LogP contribution < -0.4 is 19.9 Å². The summed E-state index contributed by atoms with van der Waals surface area (Å²) in [5, 5.41) is 3.10. The van der Waals surface area contributed by atoms with E-state index in [2.05, 4.69) is 17.4 Å². The number of rotatable bonds is 7. The van der Waals surface area contributed by atoms with Crippen LogP contribution in [-0.2, 0) is 17.6 Å². The standard InChI is InChI=1S/C23H29N3O2/c27-23(24-21-10-9-19-5-4-6-20(19)17-21)18-26-13-11-25(12-14-26)15-16-28-22-7-2-1-3-8-22/h1-3,7-10,17H,4-6,11-16,18H2,(H,24,27)/p+2. The summed E-state index contributed by atoms with van der Waals surface area (Å²) in [5.41, 5.74) is 3.80. The molecule has 0 saturated carbocycles. The molecule has 0 spiro atoms. The maximum absolute atomic E-state index is 12.4. The minimum atomic E-state index is 0.129. The van der Waals surface area contributed by atoms with Gasteiger partial charge in [-0.05, 0) is 54.7 Å². The number of nitrogens with one attached hydrogen (secondary N) is 3. The van der Waals surface area contributed by atoms with Gasteiger partial charge in [-0.15, -0.1) is 0 Å². The molecule has 1 saturated heterocycles. The molecule has 0 radical (unpaired) electrons. The van der Waals surface area contributed by atoms with Crippen LogP contribution in [0.15, 0.2) is 48.5 Å². The third-order valence-corrected chi connectivity index (χ3v) is 5.92. The molecule has 3 N–H and O–H groups in total. The Bertz CT molecular complexity index is 786. The van der Waals surface area contributed by atoms with Gasteiger partial charge in [0.15, 0.2) is 6.54 Å². The number of fused-ring (bicyclic) bond motifs is 1. The molecule has 0 aromatic heterocycles. The van der Waals surface area contributed by atoms with Gasteiger partial charge in [0.05, 0.1) is 0 Å². The summed E-state index contributed by atoms with van der Waals surface area (Å²) in [4.78, 5) is 15.4. The largest absolute Gasteiger partial charge is 0.488 e. The lowest BCUT2D eigenvalue weighted by Crippen LogP contribution is -3.28. The molecule has 0 unspecified atom stereocenters. The number of benzene rings is 2. The number of piperazine rings is 1. The Hall–Kier alpha value is -2.37. The van der Waals surface area contributed by atoms with Gasteiger partial charge in [-0.25, -0.2) is 0 Å². The zero-order valence-electron chi connectivity index (χ0n) is 16.5. The lowest BCUT2D eigenvalue weighted by Gasteiger charge is -2.29. The Morgan fingerprint density at radius 3 is 2.50 bits per heavy atom. The van der Waals surface area contributed by atoms with Gasteiger partial charge in [-0.2, -0.15) is 0 Å². The minimum Gasteiger partial charge on any atom is -0.488 e. The molecule has 1 heterocycles. The van der Waals surface area contributed by atoms with Gasteiger partial charge in [0.2, 0.25) is 0 Å². The second kappa shape index (κ2) is 9.22. The van der Waals surface area contributed by atoms with E-state index in [0.717, 1.165) is 57.2 Å². The van der Waals surface area contributed by atoms with E-state index in [1.165, 1.54) is 28.9 Å². The maximum atomic E-state index is 12.4. The number of ether oxygens (including phenoxy) is 1. The van der Waals surface area contributed by atoms with Crippen LogP contribution >= 0.6 is 0 Å². The molecular weight excluding hydrogens is 350 g/mol. The lowest BCUT2D eigenvalue weighted by molar-refractivity contribution is -1.01. The average Bonchev–Trinajstić information content (AvgIpc) is 3.18. The van der Waals surface area contributed by atoms with Crippen molar-refractivity contribution in [3.05, 3.63) is 59.7 Å². The second-order valence-corrected chi connectivity index (χ2v) is 7.97. The SMILES string of the molecule is O=C(C[NH+]1CC[NH+](CCOc2ccccc2)CC1)Nc1ccc2c(c1)CCC2. The van der Waals surface area contributed by atoms with Crippen LogP contribution in [0.25, 0.3) is 0 Å². The quantitative estimate of drug-likeness (QED) is 0.631. The highest BCUT2D eigenvalue weighted by Crippen LogP contribution is 2.24. The van der Waals surface area contributed by atoms with Gasteiger partial charge < -0.3 is 19.9 Å². The number of quaternary nitrogens is 2. The molecule has 2 aliphatic rings. The zero-order valence-corrected chi connectivity index (χ0v) is 16.5. The third-order valence-electron chi connectivity index (χ3n) is 5.92. The fraction of sp³-hybridized carbons (Fsp3) is 0.435. The van der Waals surface area contributed by atoms with E-state index in [9.17, 15) is 4.79 Å². The third kappa shape index (κ3) is 5.12. The van der Waals surface area contributed by atoms with Crippen molar-refractivity contribution in [3.63, 3.8) is 0 Å². The van der Waals surface area contributed by atoms with Gasteiger partial charge in [-0.3, -0.25) is 4.79 Å². The smallest absolute Gasteiger partial charge is 0.279 e. The normalized spacial score (nSPS) is 21.1. The maximum Gasteiger partial charge on any atom is 0.279 e. The number of anilines is 1. The molecule has 5 heteroatoms. The Labute approximate surface area is 167 Å². The van der Waals surface area contributed by atoms with Crippen molar-refractivity contribution >= 4 is 11.6 Å². The van der Waals surface area contributed by atoms with E-state index >= 15 is 0 Å². The molecule has 28 heavy (non-hydrogen) atoms. The first-order valence-corrected chi connectivity index (χ1v) is 10.5. The second-order valence-electron chi connectivity index (χ2n) is 7.97. The van der Waals surface area contributed by atoms with Crippen molar-refractivity contribution in [1.82, 2.24) is 0 Å². The molecule has 1 aliphatic heterocycles. The van der Waals surface area contributed by atoms with Crippen molar-refractivity contribution in [2.75, 3.05) is 51.2 Å². The number of amides is 1. The molecule has 2 aromatic rings. The topological polar surface area (TPSA) is 47.2 Å². The van der Waals surface area contributed by atoms with Crippen molar-refractivity contribution in [2.24, 2.45) is 0 Å². The van der Waals surface area contributed by atoms with Crippen LogP contribution in [0.2, 0.25) is 0 Å². The van der Waals surface area contributed by atoms with Crippen LogP contribution in [0.4, 0.5) is 5.69 Å². The van der Waals surface area contributed by atoms with E-state index in [0.29, 0.717) is 6.54 Å². The van der Waals surface area contributed by atoms with Gasteiger partial charge in [0, 0.05) is 5.69 Å². The molecule has 2 aromatic carbocycles. The summed E-state index contributed by atoms with van der Waals surface area (Å²) >= 11 is 0. The van der Waals surface area contributed by atoms with E-state index in [1.54, 1.807) is 4.90 Å². The first-order valence-electron chi connectivity index (χ1n) is 10.5. The number of carbonyl (C=O) groups excluding carboxylic acids is 1. The molecular formula is C23H31N3O2+2. The lowest BCUT2D eigenvalue weighted by atomic mass is 10.1. The predicted octanol–water partition coefficient (Wildman–Crippen LogP) is -0.0238. The molecule has 0 bridgehead atoms. The summed E-state index contributed by atoms with van der Waals surface area (Å²) < 4.78 is 5.81. The summed E-state index contributed by atoms with van der Waals surface area (Å²) in [6.07, 6.45) is 3.56. The van der Waals surface area contributed by atoms with Crippen molar-refractivity contribution in [2.45, 2.75) is 19.3 Å². The summed E-state index contributed by atoms with van der Waals surface area (Å²) in [6.45, 7) is 6.59. The Morgan fingerprint density at radius 1 is 0.929 bits per heavy atom.